The van der Waals surface area contributed by atoms with Crippen LogP contribution in [0.25, 0.3) is 0 Å². The molecule has 0 aromatic heterocycles. The molecule has 0 spiro atoms. The fraction of sp³-hybridized carbons (Fsp3) is 0.636. The van der Waals surface area contributed by atoms with Crippen LogP contribution >= 0.6 is 0 Å². The number of rotatable bonds is 7. The Balaban J connectivity index is 4.17. The highest BCUT2D eigenvalue weighted by molar-refractivity contribution is 4.99. The minimum Gasteiger partial charge on any atom is -0.501 e. The molecule has 0 radical (unpaired) electrons. The summed E-state index contributed by atoms with van der Waals surface area (Å²) in [4.78, 5) is 0. The molecule has 0 aliphatic carbocycles. The molecule has 0 N–H and O–H groups in total. The Hall–Kier alpha value is -0.760. The summed E-state index contributed by atoms with van der Waals surface area (Å²) in [6.45, 7) is 8.46. The van der Waals surface area contributed by atoms with E-state index in [-0.39, 0.29) is 6.10 Å². The highest BCUT2D eigenvalue weighted by atomic mass is 16.5. The third-order valence-electron chi connectivity index (χ3n) is 1.76. The van der Waals surface area contributed by atoms with Gasteiger partial charge in [0.2, 0.25) is 0 Å². The van der Waals surface area contributed by atoms with Gasteiger partial charge in [-0.1, -0.05) is 13.0 Å². The van der Waals surface area contributed by atoms with Gasteiger partial charge >= 0.3 is 0 Å². The van der Waals surface area contributed by atoms with E-state index in [0.29, 0.717) is 0 Å². The lowest BCUT2D eigenvalue weighted by atomic mass is 10.2. The highest BCUT2D eigenvalue weighted by Crippen LogP contribution is 2.08. The van der Waals surface area contributed by atoms with Crippen LogP contribution in [-0.4, -0.2) is 19.8 Å². The van der Waals surface area contributed by atoms with Crippen molar-refractivity contribution in [2.24, 2.45) is 0 Å². The average Bonchev–Trinajstić information content (AvgIpc) is 2.14. The minimum atomic E-state index is 0.109. The molecular formula is C11H20O2. The molecule has 0 aliphatic rings. The van der Waals surface area contributed by atoms with Gasteiger partial charge in [0.25, 0.3) is 0 Å². The maximum atomic E-state index is 5.49. The van der Waals surface area contributed by atoms with Gasteiger partial charge in [-0.25, -0.2) is 0 Å². The molecule has 0 aromatic carbocycles. The maximum Gasteiger partial charge on any atom is 0.0938 e. The predicted molar refractivity (Wildman–Crippen MR) is 55.6 cm³/mol. The van der Waals surface area contributed by atoms with Crippen molar-refractivity contribution in [3.05, 3.63) is 24.5 Å². The van der Waals surface area contributed by atoms with Crippen molar-refractivity contribution < 1.29 is 9.47 Å². The summed E-state index contributed by atoms with van der Waals surface area (Å²) >= 11 is 0. The third kappa shape index (κ3) is 5.47. The Morgan fingerprint density at radius 2 is 2.15 bits per heavy atom. The first kappa shape index (κ1) is 12.2. The molecule has 2 nitrogen and oxygen atoms in total. The van der Waals surface area contributed by atoms with Gasteiger partial charge in [-0.05, 0) is 19.4 Å². The molecule has 2 heteroatoms. The van der Waals surface area contributed by atoms with Crippen LogP contribution in [0.3, 0.4) is 0 Å². The summed E-state index contributed by atoms with van der Waals surface area (Å²) < 4.78 is 10.7. The van der Waals surface area contributed by atoms with E-state index in [1.54, 1.807) is 7.11 Å². The van der Waals surface area contributed by atoms with Gasteiger partial charge in [0, 0.05) is 13.0 Å². The van der Waals surface area contributed by atoms with E-state index in [0.717, 1.165) is 25.2 Å². The zero-order chi connectivity index (χ0) is 10.1. The number of ether oxygens (including phenoxy) is 2. The number of hydrogen-bond donors (Lipinski definition) is 0. The third-order valence-corrected chi connectivity index (χ3v) is 1.76. The standard InChI is InChI=1S/C11H20O2/c1-5-8-11(13-7-3)9-10(6-2)12-4/h5,9,11H,1,6-8H2,2-4H3. The Morgan fingerprint density at radius 3 is 2.54 bits per heavy atom. The summed E-state index contributed by atoms with van der Waals surface area (Å²) in [6.07, 6.45) is 5.72. The van der Waals surface area contributed by atoms with E-state index in [9.17, 15) is 0 Å². The van der Waals surface area contributed by atoms with Crippen LogP contribution in [0.15, 0.2) is 24.5 Å². The van der Waals surface area contributed by atoms with Gasteiger partial charge in [-0.15, -0.1) is 6.58 Å². The molecule has 0 fully saturated rings. The van der Waals surface area contributed by atoms with Crippen molar-refractivity contribution in [2.45, 2.75) is 32.8 Å². The summed E-state index contributed by atoms with van der Waals surface area (Å²) in [5, 5.41) is 0. The molecular weight excluding hydrogens is 164 g/mol. The van der Waals surface area contributed by atoms with Gasteiger partial charge in [-0.2, -0.15) is 0 Å². The van der Waals surface area contributed by atoms with Gasteiger partial charge in [0.1, 0.15) is 0 Å². The summed E-state index contributed by atoms with van der Waals surface area (Å²) in [5.41, 5.74) is 0. The Labute approximate surface area is 81.2 Å². The fourth-order valence-electron chi connectivity index (χ4n) is 1.10. The molecule has 1 unspecified atom stereocenters. The van der Waals surface area contributed by atoms with E-state index in [1.165, 1.54) is 0 Å². The average molecular weight is 184 g/mol. The van der Waals surface area contributed by atoms with Crippen LogP contribution in [0, 0.1) is 0 Å². The van der Waals surface area contributed by atoms with Crippen LogP contribution in [0.5, 0.6) is 0 Å². The Morgan fingerprint density at radius 1 is 1.46 bits per heavy atom. The molecule has 0 saturated heterocycles. The normalized spacial score (nSPS) is 13.9. The smallest absolute Gasteiger partial charge is 0.0938 e. The lowest BCUT2D eigenvalue weighted by Gasteiger charge is -2.12. The van der Waals surface area contributed by atoms with Crippen molar-refractivity contribution in [3.8, 4) is 0 Å². The molecule has 13 heavy (non-hydrogen) atoms. The van der Waals surface area contributed by atoms with Crippen LogP contribution in [0.4, 0.5) is 0 Å². The van der Waals surface area contributed by atoms with Crippen LogP contribution < -0.4 is 0 Å². The molecule has 0 heterocycles. The van der Waals surface area contributed by atoms with Gasteiger partial charge in [-0.3, -0.25) is 0 Å². The summed E-state index contributed by atoms with van der Waals surface area (Å²) in [7, 11) is 1.69. The van der Waals surface area contributed by atoms with Crippen LogP contribution in [0.1, 0.15) is 26.7 Å². The molecule has 0 bridgehead atoms. The van der Waals surface area contributed by atoms with Gasteiger partial charge in [0.15, 0.2) is 0 Å². The van der Waals surface area contributed by atoms with Crippen LogP contribution in [-0.2, 0) is 9.47 Å². The second kappa shape index (κ2) is 7.87. The summed E-state index contributed by atoms with van der Waals surface area (Å²) in [5.74, 6) is 0.973. The zero-order valence-electron chi connectivity index (χ0n) is 8.88. The van der Waals surface area contributed by atoms with Crippen molar-refractivity contribution >= 4 is 0 Å². The van der Waals surface area contributed by atoms with Crippen molar-refractivity contribution in [3.63, 3.8) is 0 Å². The molecule has 0 aromatic rings. The van der Waals surface area contributed by atoms with E-state index < -0.39 is 0 Å². The molecule has 0 rings (SSSR count). The molecule has 0 saturated carbocycles. The number of allylic oxidation sites excluding steroid dienone is 1. The Kier molecular flexibility index (Phi) is 7.41. The SMILES string of the molecule is C=CCC(C=C(CC)OC)OCC. The second-order valence-corrected chi connectivity index (χ2v) is 2.71. The van der Waals surface area contributed by atoms with Crippen molar-refractivity contribution in [1.82, 2.24) is 0 Å². The monoisotopic (exact) mass is 184 g/mol. The van der Waals surface area contributed by atoms with E-state index in [2.05, 4.69) is 13.5 Å². The maximum absolute atomic E-state index is 5.49. The largest absolute Gasteiger partial charge is 0.501 e. The summed E-state index contributed by atoms with van der Waals surface area (Å²) in [6, 6.07) is 0. The first-order chi connectivity index (χ1) is 6.28. The van der Waals surface area contributed by atoms with Crippen molar-refractivity contribution in [2.75, 3.05) is 13.7 Å². The lowest BCUT2D eigenvalue weighted by Crippen LogP contribution is -2.09. The first-order valence-corrected chi connectivity index (χ1v) is 4.75. The van der Waals surface area contributed by atoms with Crippen LogP contribution in [0.2, 0.25) is 0 Å². The topological polar surface area (TPSA) is 18.5 Å². The molecule has 1 atom stereocenters. The first-order valence-electron chi connectivity index (χ1n) is 4.75. The quantitative estimate of drug-likeness (QED) is 0.447. The van der Waals surface area contributed by atoms with Gasteiger partial charge < -0.3 is 9.47 Å². The predicted octanol–water partition coefficient (Wildman–Crippen LogP) is 2.91. The van der Waals surface area contributed by atoms with Crippen molar-refractivity contribution in [1.29, 1.82) is 0 Å². The molecule has 0 amide bonds. The van der Waals surface area contributed by atoms with Gasteiger partial charge in [0.05, 0.1) is 19.0 Å². The molecule has 0 aliphatic heterocycles. The van der Waals surface area contributed by atoms with E-state index in [4.69, 9.17) is 9.47 Å². The minimum absolute atomic E-state index is 0.109. The number of methoxy groups -OCH3 is 1. The second-order valence-electron chi connectivity index (χ2n) is 2.71. The molecule has 76 valence electrons. The van der Waals surface area contributed by atoms with E-state index >= 15 is 0 Å². The van der Waals surface area contributed by atoms with E-state index in [1.807, 2.05) is 19.1 Å². The number of hydrogen-bond acceptors (Lipinski definition) is 2. The lowest BCUT2D eigenvalue weighted by molar-refractivity contribution is 0.0945. The Bertz CT molecular complexity index is 155. The fourth-order valence-corrected chi connectivity index (χ4v) is 1.10. The highest BCUT2D eigenvalue weighted by Gasteiger charge is 2.04. The zero-order valence-corrected chi connectivity index (χ0v) is 8.88.